The van der Waals surface area contributed by atoms with Crippen LogP contribution < -0.4 is 5.32 Å². The van der Waals surface area contributed by atoms with Gasteiger partial charge in [0.05, 0.1) is 54.0 Å². The molecule has 378 valence electrons. The third-order valence-corrected chi connectivity index (χ3v) is 14.1. The SMILES string of the molecule is CC[C@H]1OC(=O)[C@H](C)[C@@H](O[C@H]2C[C@@](C)(OC)[C@@H](O)[C@H](C)O2)[C@H](C)[C@@H](O[C@@H]2O[C@H](C)C[C@H](N(C)C)[C@H]2O)[C@](C)(O)C[C@@H](C)CN(CCCN(CCC#N)C(=O)NC(C)C)[C@H](C)[C@@H](O)[C@]1(C)O. The van der Waals surface area contributed by atoms with E-state index in [2.05, 4.69) is 11.4 Å². The van der Waals surface area contributed by atoms with Crippen molar-refractivity contribution >= 4 is 12.0 Å². The number of likely N-dealkylation sites (N-methyl/N-ethyl adjacent to an activating group) is 1. The number of nitrogens with zero attached hydrogens (tertiary/aromatic N) is 4. The van der Waals surface area contributed by atoms with Crippen molar-refractivity contribution in [3.63, 3.8) is 0 Å². The number of nitrogens with one attached hydrogen (secondary N) is 1. The summed E-state index contributed by atoms with van der Waals surface area (Å²) in [6, 6.07) is 0.680. The standard InChI is InChI=1S/C47H87N5O13/c1-16-35-47(12,59)39(54)32(8)52(22-18-21-51(20-17-19-48)44(57)49-27(2)3)26-28(4)24-45(10,58)41(65-43-37(53)34(50(13)14)23-29(5)61-43)30(6)38(31(7)42(56)63-35)64-36-25-46(11,60-15)40(55)33(9)62-36/h27-41,43,53-55,58-59H,16-18,20-26H2,1-15H3,(H,49,57)/t28-,29-,30+,31-,32-,33+,34+,35-,36+,37-,38+,39-,40+,41-,43+,45-,46-,47-/m1/s1. The second-order valence-electron chi connectivity index (χ2n) is 20.6. The first-order valence-electron chi connectivity index (χ1n) is 23.8. The fourth-order valence-electron chi connectivity index (χ4n) is 10.2. The fraction of sp³-hybridized carbons (Fsp3) is 0.936. The summed E-state index contributed by atoms with van der Waals surface area (Å²) in [5.74, 6) is -2.93. The molecule has 18 atom stereocenters. The van der Waals surface area contributed by atoms with Crippen LogP contribution in [0.15, 0.2) is 0 Å². The Morgan fingerprint density at radius 3 is 2.22 bits per heavy atom. The van der Waals surface area contributed by atoms with Crippen molar-refractivity contribution in [2.45, 2.75) is 218 Å². The zero-order chi connectivity index (χ0) is 49.4. The van der Waals surface area contributed by atoms with Gasteiger partial charge < -0.3 is 69.1 Å². The second kappa shape index (κ2) is 24.3. The molecule has 0 spiro atoms. The number of hydrogen-bond acceptors (Lipinski definition) is 16. The largest absolute Gasteiger partial charge is 0.459 e. The van der Waals surface area contributed by atoms with Gasteiger partial charge in [-0.05, 0) is 108 Å². The summed E-state index contributed by atoms with van der Waals surface area (Å²) in [7, 11) is 5.24. The molecule has 18 heteroatoms. The highest BCUT2D eigenvalue weighted by molar-refractivity contribution is 5.74. The van der Waals surface area contributed by atoms with E-state index in [0.29, 0.717) is 32.5 Å². The zero-order valence-corrected chi connectivity index (χ0v) is 42.1. The Bertz CT molecular complexity index is 1530. The molecule has 3 rings (SSSR count). The van der Waals surface area contributed by atoms with Crippen LogP contribution in [0.1, 0.15) is 122 Å². The lowest BCUT2D eigenvalue weighted by atomic mass is 9.77. The summed E-state index contributed by atoms with van der Waals surface area (Å²) in [6.45, 7) is 22.4. The predicted octanol–water partition coefficient (Wildman–Crippen LogP) is 2.99. The van der Waals surface area contributed by atoms with E-state index in [1.165, 1.54) is 14.0 Å². The molecular weight excluding hydrogens is 843 g/mol. The number of aliphatic hydroxyl groups is 5. The summed E-state index contributed by atoms with van der Waals surface area (Å²) in [5, 5.41) is 72.1. The lowest BCUT2D eigenvalue weighted by molar-refractivity contribution is -0.318. The Kier molecular flexibility index (Phi) is 21.4. The van der Waals surface area contributed by atoms with Gasteiger partial charge in [-0.25, -0.2) is 4.79 Å². The van der Waals surface area contributed by atoms with Crippen LogP contribution >= 0.6 is 0 Å². The van der Waals surface area contributed by atoms with Gasteiger partial charge >= 0.3 is 12.0 Å². The molecule has 18 nitrogen and oxygen atoms in total. The Morgan fingerprint density at radius 2 is 1.65 bits per heavy atom. The van der Waals surface area contributed by atoms with Crippen molar-refractivity contribution < 1.29 is 63.5 Å². The molecule has 6 N–H and O–H groups in total. The molecule has 3 heterocycles. The third kappa shape index (κ3) is 14.6. The topological polar surface area (TPSA) is 236 Å². The van der Waals surface area contributed by atoms with Crippen LogP contribution in [0.3, 0.4) is 0 Å². The van der Waals surface area contributed by atoms with E-state index in [-0.39, 0.29) is 62.4 Å². The molecule has 0 aromatic rings. The van der Waals surface area contributed by atoms with Gasteiger partial charge in [-0.15, -0.1) is 0 Å². The van der Waals surface area contributed by atoms with Crippen molar-refractivity contribution in [2.24, 2.45) is 17.8 Å². The van der Waals surface area contributed by atoms with Crippen LogP contribution in [0.25, 0.3) is 0 Å². The van der Waals surface area contributed by atoms with Crippen molar-refractivity contribution in [2.75, 3.05) is 47.4 Å². The summed E-state index contributed by atoms with van der Waals surface area (Å²) in [5.41, 5.74) is -4.68. The normalized spacial score (nSPS) is 41.9. The molecule has 3 aliphatic rings. The van der Waals surface area contributed by atoms with Gasteiger partial charge in [0, 0.05) is 63.8 Å². The monoisotopic (exact) mass is 930 g/mol. The van der Waals surface area contributed by atoms with E-state index in [1.54, 1.807) is 53.4 Å². The number of nitriles is 1. The molecular formula is C47H87N5O13. The van der Waals surface area contributed by atoms with Crippen LogP contribution in [0.4, 0.5) is 4.79 Å². The Labute approximate surface area is 389 Å². The molecule has 3 aliphatic heterocycles. The predicted molar refractivity (Wildman–Crippen MR) is 243 cm³/mol. The Hall–Kier alpha value is -2.25. The highest BCUT2D eigenvalue weighted by atomic mass is 16.7. The molecule has 65 heavy (non-hydrogen) atoms. The minimum Gasteiger partial charge on any atom is -0.459 e. The molecule has 2 amide bonds. The van der Waals surface area contributed by atoms with Crippen LogP contribution in [-0.4, -0.2) is 196 Å². The molecule has 0 bridgehead atoms. The number of amides is 2. The quantitative estimate of drug-likeness (QED) is 0.137. The molecule has 3 fully saturated rings. The first-order chi connectivity index (χ1) is 30.1. The number of aliphatic hydroxyl groups excluding tert-OH is 3. The van der Waals surface area contributed by atoms with Crippen LogP contribution in [0.2, 0.25) is 0 Å². The van der Waals surface area contributed by atoms with Crippen molar-refractivity contribution in [3.05, 3.63) is 0 Å². The number of urea groups is 1. The maximum atomic E-state index is 14.5. The van der Waals surface area contributed by atoms with Crippen LogP contribution in [0.5, 0.6) is 0 Å². The summed E-state index contributed by atoms with van der Waals surface area (Å²) in [4.78, 5) is 33.2. The number of rotatable bonds is 14. The lowest BCUT2D eigenvalue weighted by Gasteiger charge is -2.48. The number of esters is 1. The molecule has 3 saturated heterocycles. The lowest BCUT2D eigenvalue weighted by Crippen LogP contribution is -2.60. The molecule has 0 aliphatic carbocycles. The number of methoxy groups -OCH3 is 1. The van der Waals surface area contributed by atoms with Gasteiger partial charge in [-0.3, -0.25) is 9.69 Å². The average Bonchev–Trinajstić information content (AvgIpc) is 3.22. The van der Waals surface area contributed by atoms with Gasteiger partial charge in [0.25, 0.3) is 0 Å². The maximum Gasteiger partial charge on any atom is 0.317 e. The number of carbonyl (C=O) groups excluding carboxylic acids is 2. The van der Waals surface area contributed by atoms with Gasteiger partial charge in [0.15, 0.2) is 12.6 Å². The number of hydrogen-bond donors (Lipinski definition) is 6. The van der Waals surface area contributed by atoms with E-state index in [9.17, 15) is 40.4 Å². The van der Waals surface area contributed by atoms with E-state index < -0.39 is 96.0 Å². The summed E-state index contributed by atoms with van der Waals surface area (Å²) in [6.07, 6.45) is -8.57. The van der Waals surface area contributed by atoms with Crippen molar-refractivity contribution in [1.29, 1.82) is 5.26 Å². The first kappa shape index (κ1) is 57.1. The Balaban J connectivity index is 2.17. The van der Waals surface area contributed by atoms with Crippen LogP contribution in [0, 0.1) is 29.1 Å². The average molecular weight is 930 g/mol. The van der Waals surface area contributed by atoms with E-state index in [4.69, 9.17) is 28.4 Å². The third-order valence-electron chi connectivity index (χ3n) is 14.1. The minimum absolute atomic E-state index is 0.0934. The van der Waals surface area contributed by atoms with Gasteiger partial charge in [0.1, 0.15) is 30.0 Å². The highest BCUT2D eigenvalue weighted by Crippen LogP contribution is 2.40. The van der Waals surface area contributed by atoms with Crippen molar-refractivity contribution in [3.8, 4) is 6.07 Å². The number of ether oxygens (including phenoxy) is 6. The Morgan fingerprint density at radius 1 is 1.00 bits per heavy atom. The maximum absolute atomic E-state index is 14.5. The van der Waals surface area contributed by atoms with Gasteiger partial charge in [0.2, 0.25) is 0 Å². The number of cyclic esters (lactones) is 1. The van der Waals surface area contributed by atoms with E-state index in [0.717, 1.165) is 0 Å². The smallest absolute Gasteiger partial charge is 0.317 e. The molecule has 0 saturated carbocycles. The molecule has 0 unspecified atom stereocenters. The minimum atomic E-state index is -1.94. The molecule has 0 aromatic carbocycles. The highest BCUT2D eigenvalue weighted by Gasteiger charge is 2.53. The van der Waals surface area contributed by atoms with Gasteiger partial charge in [-0.2, -0.15) is 5.26 Å². The summed E-state index contributed by atoms with van der Waals surface area (Å²) >= 11 is 0. The van der Waals surface area contributed by atoms with Crippen molar-refractivity contribution in [1.82, 2.24) is 20.0 Å². The second-order valence-corrected chi connectivity index (χ2v) is 20.6. The fourth-order valence-corrected chi connectivity index (χ4v) is 10.2. The first-order valence-corrected chi connectivity index (χ1v) is 23.8. The number of carbonyl (C=O) groups is 2. The van der Waals surface area contributed by atoms with E-state index in [1.807, 2.05) is 51.6 Å². The molecule has 0 aromatic heterocycles. The zero-order valence-electron chi connectivity index (χ0n) is 42.1. The van der Waals surface area contributed by atoms with Gasteiger partial charge in [-0.1, -0.05) is 20.8 Å². The molecule has 0 radical (unpaired) electrons. The van der Waals surface area contributed by atoms with E-state index >= 15 is 0 Å². The summed E-state index contributed by atoms with van der Waals surface area (Å²) < 4.78 is 38.0. The van der Waals surface area contributed by atoms with Crippen LogP contribution in [-0.2, 0) is 33.2 Å².